The monoisotopic (exact) mass is 375 g/mol. The summed E-state index contributed by atoms with van der Waals surface area (Å²) in [7, 11) is 0. The van der Waals surface area contributed by atoms with Gasteiger partial charge in [0, 0.05) is 18.5 Å². The van der Waals surface area contributed by atoms with Crippen LogP contribution < -0.4 is 5.32 Å². The summed E-state index contributed by atoms with van der Waals surface area (Å²) in [4.78, 5) is 22.8. The highest BCUT2D eigenvalue weighted by Crippen LogP contribution is 2.38. The van der Waals surface area contributed by atoms with Crippen LogP contribution in [0.1, 0.15) is 54.7 Å². The third kappa shape index (κ3) is 4.01. The number of nitrogens with one attached hydrogen (secondary N) is 1. The number of rotatable bonds is 5. The highest BCUT2D eigenvalue weighted by Gasteiger charge is 2.34. The van der Waals surface area contributed by atoms with Crippen LogP contribution in [0, 0.1) is 28.4 Å². The van der Waals surface area contributed by atoms with Crippen LogP contribution in [0.4, 0.5) is 5.82 Å². The number of hydrogen-bond acceptors (Lipinski definition) is 6. The SMILES string of the molecule is Cc1cc([N+](=O)[O-])nn1CCNC(=O)c1noc2c1CC(C(C)(C)C)CC2. The van der Waals surface area contributed by atoms with E-state index in [0.717, 1.165) is 30.6 Å². The third-order valence-electron chi connectivity index (χ3n) is 5.24. The molecule has 1 aliphatic rings. The summed E-state index contributed by atoms with van der Waals surface area (Å²) >= 11 is 0. The first kappa shape index (κ1) is 19.1. The van der Waals surface area contributed by atoms with Gasteiger partial charge < -0.3 is 20.0 Å². The lowest BCUT2D eigenvalue weighted by atomic mass is 9.71. The van der Waals surface area contributed by atoms with E-state index in [9.17, 15) is 14.9 Å². The maximum Gasteiger partial charge on any atom is 0.390 e. The molecule has 0 fully saturated rings. The topological polar surface area (TPSA) is 116 Å². The van der Waals surface area contributed by atoms with E-state index in [1.807, 2.05) is 0 Å². The van der Waals surface area contributed by atoms with Crippen molar-refractivity contribution in [3.8, 4) is 0 Å². The minimum Gasteiger partial charge on any atom is -0.360 e. The summed E-state index contributed by atoms with van der Waals surface area (Å²) in [5.41, 5.74) is 2.09. The van der Waals surface area contributed by atoms with Crippen molar-refractivity contribution in [1.82, 2.24) is 20.3 Å². The predicted molar refractivity (Wildman–Crippen MR) is 97.4 cm³/mol. The molecule has 9 heteroatoms. The Bertz CT molecular complexity index is 862. The largest absolute Gasteiger partial charge is 0.390 e. The van der Waals surface area contributed by atoms with Crippen LogP contribution >= 0.6 is 0 Å². The van der Waals surface area contributed by atoms with Crippen LogP contribution in [0.25, 0.3) is 0 Å². The summed E-state index contributed by atoms with van der Waals surface area (Å²) in [6.45, 7) is 9.01. The van der Waals surface area contributed by atoms with Gasteiger partial charge in [0.05, 0.1) is 23.4 Å². The Morgan fingerprint density at radius 3 is 2.85 bits per heavy atom. The van der Waals surface area contributed by atoms with Crippen LogP contribution in [0.5, 0.6) is 0 Å². The van der Waals surface area contributed by atoms with E-state index in [-0.39, 0.29) is 17.1 Å². The van der Waals surface area contributed by atoms with Gasteiger partial charge in [-0.25, -0.2) is 0 Å². The molecule has 0 radical (unpaired) electrons. The van der Waals surface area contributed by atoms with Gasteiger partial charge in [-0.1, -0.05) is 25.9 Å². The van der Waals surface area contributed by atoms with Crippen molar-refractivity contribution < 1.29 is 14.2 Å². The van der Waals surface area contributed by atoms with Gasteiger partial charge >= 0.3 is 5.82 Å². The smallest absolute Gasteiger partial charge is 0.360 e. The molecule has 1 unspecified atom stereocenters. The second kappa shape index (κ2) is 7.13. The third-order valence-corrected chi connectivity index (χ3v) is 5.24. The van der Waals surface area contributed by atoms with Crippen LogP contribution in [-0.2, 0) is 19.4 Å². The summed E-state index contributed by atoms with van der Waals surface area (Å²) < 4.78 is 6.89. The fourth-order valence-corrected chi connectivity index (χ4v) is 3.49. The van der Waals surface area contributed by atoms with Gasteiger partial charge in [-0.15, -0.1) is 0 Å². The van der Waals surface area contributed by atoms with E-state index in [4.69, 9.17) is 4.52 Å². The molecule has 27 heavy (non-hydrogen) atoms. The predicted octanol–water partition coefficient (Wildman–Crippen LogP) is 2.67. The standard InChI is InChI=1S/C18H25N5O4/c1-11-9-15(23(25)26)20-22(11)8-7-19-17(24)16-13-10-12(18(2,3)4)5-6-14(13)27-21-16/h9,12H,5-8,10H2,1-4H3,(H,19,24). The van der Waals surface area contributed by atoms with Crippen LogP contribution in [0.2, 0.25) is 0 Å². The number of nitro groups is 1. The number of amides is 1. The maximum absolute atomic E-state index is 12.6. The van der Waals surface area contributed by atoms with Gasteiger partial charge in [0.1, 0.15) is 5.76 Å². The molecule has 1 amide bonds. The summed E-state index contributed by atoms with van der Waals surface area (Å²) in [5, 5.41) is 21.5. The molecule has 9 nitrogen and oxygen atoms in total. The Morgan fingerprint density at radius 2 is 2.22 bits per heavy atom. The Balaban J connectivity index is 1.63. The zero-order valence-electron chi connectivity index (χ0n) is 16.1. The molecule has 0 bridgehead atoms. The summed E-state index contributed by atoms with van der Waals surface area (Å²) in [6, 6.07) is 1.41. The van der Waals surface area contributed by atoms with Crippen molar-refractivity contribution in [3.05, 3.63) is 38.9 Å². The summed E-state index contributed by atoms with van der Waals surface area (Å²) in [5.74, 6) is 0.800. The van der Waals surface area contributed by atoms with Crippen LogP contribution in [-0.4, -0.2) is 32.3 Å². The Labute approximate surface area is 157 Å². The molecular weight excluding hydrogens is 350 g/mol. The number of carbonyl (C=O) groups excluding carboxylic acids is 1. The van der Waals surface area contributed by atoms with Gasteiger partial charge in [-0.2, -0.15) is 4.68 Å². The minimum atomic E-state index is -0.532. The zero-order chi connectivity index (χ0) is 19.8. The fraction of sp³-hybridized carbons (Fsp3) is 0.611. The first-order valence-electron chi connectivity index (χ1n) is 9.11. The molecule has 0 spiro atoms. The molecule has 2 aromatic heterocycles. The van der Waals surface area contributed by atoms with Crippen molar-refractivity contribution in [1.29, 1.82) is 0 Å². The average molecular weight is 375 g/mol. The molecule has 3 rings (SSSR count). The molecular formula is C18H25N5O4. The molecule has 0 saturated heterocycles. The second-order valence-corrected chi connectivity index (χ2v) is 8.12. The molecule has 1 N–H and O–H groups in total. The number of nitrogens with zero attached hydrogens (tertiary/aromatic N) is 4. The molecule has 2 aromatic rings. The van der Waals surface area contributed by atoms with Gasteiger partial charge in [0.25, 0.3) is 5.91 Å². The van der Waals surface area contributed by atoms with E-state index < -0.39 is 4.92 Å². The van der Waals surface area contributed by atoms with E-state index in [1.165, 1.54) is 10.7 Å². The highest BCUT2D eigenvalue weighted by atomic mass is 16.6. The number of aromatic nitrogens is 3. The quantitative estimate of drug-likeness (QED) is 0.634. The van der Waals surface area contributed by atoms with Crippen molar-refractivity contribution in [2.75, 3.05) is 6.54 Å². The van der Waals surface area contributed by atoms with Crippen molar-refractivity contribution in [2.45, 2.75) is 53.5 Å². The van der Waals surface area contributed by atoms with Gasteiger partial charge in [-0.05, 0) is 36.0 Å². The molecule has 1 aliphatic carbocycles. The van der Waals surface area contributed by atoms with Crippen LogP contribution in [0.3, 0.4) is 0 Å². The van der Waals surface area contributed by atoms with Gasteiger partial charge in [0.2, 0.25) is 0 Å². The van der Waals surface area contributed by atoms with Crippen LogP contribution in [0.15, 0.2) is 10.6 Å². The maximum atomic E-state index is 12.6. The minimum absolute atomic E-state index is 0.162. The first-order chi connectivity index (χ1) is 12.7. The highest BCUT2D eigenvalue weighted by molar-refractivity contribution is 5.93. The van der Waals surface area contributed by atoms with E-state index in [2.05, 4.69) is 36.3 Å². The number of aryl methyl sites for hydroxylation is 2. The number of hydrogen-bond donors (Lipinski definition) is 1. The Kier molecular flexibility index (Phi) is 5.03. The lowest BCUT2D eigenvalue weighted by molar-refractivity contribution is -0.389. The number of carbonyl (C=O) groups is 1. The van der Waals surface area contributed by atoms with Gasteiger partial charge in [0.15, 0.2) is 5.69 Å². The molecule has 146 valence electrons. The lowest BCUT2D eigenvalue weighted by Crippen LogP contribution is -2.31. The first-order valence-corrected chi connectivity index (χ1v) is 9.11. The average Bonchev–Trinajstić information content (AvgIpc) is 3.17. The van der Waals surface area contributed by atoms with Gasteiger partial charge in [-0.3, -0.25) is 4.79 Å². The summed E-state index contributed by atoms with van der Waals surface area (Å²) in [6.07, 6.45) is 2.62. The molecule has 0 aliphatic heterocycles. The molecule has 1 atom stereocenters. The van der Waals surface area contributed by atoms with E-state index >= 15 is 0 Å². The Morgan fingerprint density at radius 1 is 1.48 bits per heavy atom. The van der Waals surface area contributed by atoms with E-state index in [0.29, 0.717) is 30.4 Å². The van der Waals surface area contributed by atoms with E-state index in [1.54, 1.807) is 6.92 Å². The second-order valence-electron chi connectivity index (χ2n) is 8.12. The van der Waals surface area contributed by atoms with Crippen molar-refractivity contribution >= 4 is 11.7 Å². The molecule has 0 saturated carbocycles. The zero-order valence-corrected chi connectivity index (χ0v) is 16.1. The normalized spacial score (nSPS) is 16.8. The molecule has 0 aromatic carbocycles. The van der Waals surface area contributed by atoms with Crippen molar-refractivity contribution in [2.24, 2.45) is 11.3 Å². The Hall–Kier alpha value is -2.71. The number of fused-ring (bicyclic) bond motifs is 1. The van der Waals surface area contributed by atoms with Crippen molar-refractivity contribution in [3.63, 3.8) is 0 Å². The molecule has 2 heterocycles. The lowest BCUT2D eigenvalue weighted by Gasteiger charge is -2.33. The fourth-order valence-electron chi connectivity index (χ4n) is 3.49.